The van der Waals surface area contributed by atoms with Crippen LogP contribution in [-0.4, -0.2) is 36.0 Å². The number of esters is 1. The highest BCUT2D eigenvalue weighted by atomic mass is 16.5. The van der Waals surface area contributed by atoms with Crippen LogP contribution in [0.2, 0.25) is 0 Å². The lowest BCUT2D eigenvalue weighted by Crippen LogP contribution is -2.41. The van der Waals surface area contributed by atoms with Gasteiger partial charge in [-0.1, -0.05) is 6.07 Å². The molecule has 0 saturated carbocycles. The summed E-state index contributed by atoms with van der Waals surface area (Å²) in [4.78, 5) is 26.1. The van der Waals surface area contributed by atoms with Crippen molar-refractivity contribution >= 4 is 17.6 Å². The Morgan fingerprint density at radius 3 is 2.90 bits per heavy atom. The molecule has 5 heteroatoms. The smallest absolute Gasteiger partial charge is 0.328 e. The zero-order chi connectivity index (χ0) is 14.7. The maximum atomic E-state index is 12.6. The van der Waals surface area contributed by atoms with Crippen molar-refractivity contribution in [3.8, 4) is 0 Å². The second-order valence-corrected chi connectivity index (χ2v) is 4.93. The molecule has 5 nitrogen and oxygen atoms in total. The molecule has 0 bridgehead atoms. The second kappa shape index (κ2) is 5.94. The number of benzene rings is 1. The summed E-state index contributed by atoms with van der Waals surface area (Å²) in [6.07, 6.45) is 1.47. The van der Waals surface area contributed by atoms with Crippen molar-refractivity contribution in [1.29, 1.82) is 0 Å². The van der Waals surface area contributed by atoms with Crippen LogP contribution in [0, 0.1) is 6.92 Å². The van der Waals surface area contributed by atoms with E-state index in [9.17, 15) is 9.59 Å². The van der Waals surface area contributed by atoms with Crippen molar-refractivity contribution in [3.05, 3.63) is 29.3 Å². The van der Waals surface area contributed by atoms with Gasteiger partial charge in [0.15, 0.2) is 0 Å². The number of nitrogens with two attached hydrogens (primary N) is 1. The van der Waals surface area contributed by atoms with Gasteiger partial charge in [0.25, 0.3) is 5.91 Å². The Morgan fingerprint density at radius 2 is 2.20 bits per heavy atom. The molecule has 1 saturated heterocycles. The molecular weight excluding hydrogens is 256 g/mol. The van der Waals surface area contributed by atoms with Crippen LogP contribution in [0.3, 0.4) is 0 Å². The van der Waals surface area contributed by atoms with Crippen molar-refractivity contribution < 1.29 is 14.3 Å². The number of carbonyl (C=O) groups is 2. The maximum absolute atomic E-state index is 12.6. The number of anilines is 1. The molecule has 1 aliphatic heterocycles. The minimum absolute atomic E-state index is 0.148. The summed E-state index contributed by atoms with van der Waals surface area (Å²) in [5.74, 6) is -0.467. The SMILES string of the molecule is CCOC(=O)C1CCCN1C(=O)c1cccc(N)c1C. The van der Waals surface area contributed by atoms with Gasteiger partial charge in [-0.05, 0) is 44.4 Å². The third-order valence-electron chi connectivity index (χ3n) is 3.68. The highest BCUT2D eigenvalue weighted by Crippen LogP contribution is 2.24. The minimum atomic E-state index is -0.469. The van der Waals surface area contributed by atoms with Gasteiger partial charge in [0.2, 0.25) is 0 Å². The molecule has 1 unspecified atom stereocenters. The number of hydrogen-bond donors (Lipinski definition) is 1. The van der Waals surface area contributed by atoms with E-state index < -0.39 is 6.04 Å². The van der Waals surface area contributed by atoms with E-state index in [4.69, 9.17) is 10.5 Å². The number of amides is 1. The molecule has 1 amide bonds. The average molecular weight is 276 g/mol. The van der Waals surface area contributed by atoms with Gasteiger partial charge in [0.05, 0.1) is 6.61 Å². The molecule has 1 aliphatic rings. The molecule has 0 spiro atoms. The molecule has 1 aromatic rings. The second-order valence-electron chi connectivity index (χ2n) is 4.93. The third-order valence-corrected chi connectivity index (χ3v) is 3.68. The van der Waals surface area contributed by atoms with Gasteiger partial charge in [-0.15, -0.1) is 0 Å². The minimum Gasteiger partial charge on any atom is -0.464 e. The molecule has 1 atom stereocenters. The summed E-state index contributed by atoms with van der Waals surface area (Å²) in [6.45, 7) is 4.49. The first-order valence-corrected chi connectivity index (χ1v) is 6.89. The maximum Gasteiger partial charge on any atom is 0.328 e. The summed E-state index contributed by atoms with van der Waals surface area (Å²) < 4.78 is 5.04. The zero-order valence-electron chi connectivity index (χ0n) is 11.9. The fourth-order valence-corrected chi connectivity index (χ4v) is 2.53. The van der Waals surface area contributed by atoms with Crippen LogP contribution in [0.15, 0.2) is 18.2 Å². The Kier molecular flexibility index (Phi) is 4.27. The van der Waals surface area contributed by atoms with E-state index in [0.717, 1.165) is 12.0 Å². The first-order valence-electron chi connectivity index (χ1n) is 6.89. The van der Waals surface area contributed by atoms with Gasteiger partial charge in [0, 0.05) is 17.8 Å². The number of likely N-dealkylation sites (tertiary alicyclic amines) is 1. The molecule has 108 valence electrons. The predicted octanol–water partition coefficient (Wildman–Crippen LogP) is 1.74. The van der Waals surface area contributed by atoms with Crippen LogP contribution in [0.1, 0.15) is 35.7 Å². The lowest BCUT2D eigenvalue weighted by Gasteiger charge is -2.24. The normalized spacial score (nSPS) is 18.1. The summed E-state index contributed by atoms with van der Waals surface area (Å²) in [5.41, 5.74) is 7.74. The highest BCUT2D eigenvalue weighted by Gasteiger charge is 2.35. The van der Waals surface area contributed by atoms with Crippen LogP contribution in [0.4, 0.5) is 5.69 Å². The van der Waals surface area contributed by atoms with Crippen LogP contribution >= 0.6 is 0 Å². The van der Waals surface area contributed by atoms with Gasteiger partial charge in [0.1, 0.15) is 6.04 Å². The van der Waals surface area contributed by atoms with Gasteiger partial charge < -0.3 is 15.4 Å². The van der Waals surface area contributed by atoms with E-state index in [1.54, 1.807) is 30.0 Å². The van der Waals surface area contributed by atoms with E-state index in [1.807, 2.05) is 6.92 Å². The lowest BCUT2D eigenvalue weighted by atomic mass is 10.1. The number of hydrogen-bond acceptors (Lipinski definition) is 4. The van der Waals surface area contributed by atoms with Gasteiger partial charge in [-0.2, -0.15) is 0 Å². The molecule has 20 heavy (non-hydrogen) atoms. The molecule has 2 rings (SSSR count). The predicted molar refractivity (Wildman–Crippen MR) is 76.3 cm³/mol. The first kappa shape index (κ1) is 14.4. The fourth-order valence-electron chi connectivity index (χ4n) is 2.53. The van der Waals surface area contributed by atoms with Crippen molar-refractivity contribution in [2.45, 2.75) is 32.7 Å². The summed E-state index contributed by atoms with van der Waals surface area (Å²) in [7, 11) is 0. The van der Waals surface area contributed by atoms with E-state index in [2.05, 4.69) is 0 Å². The standard InChI is InChI=1S/C15H20N2O3/c1-3-20-15(19)13-8-5-9-17(13)14(18)11-6-4-7-12(16)10(11)2/h4,6-7,13H,3,5,8-9,16H2,1-2H3. The average Bonchev–Trinajstić information content (AvgIpc) is 2.91. The molecular formula is C15H20N2O3. The van der Waals surface area contributed by atoms with Crippen molar-refractivity contribution in [1.82, 2.24) is 4.90 Å². The van der Waals surface area contributed by atoms with Crippen molar-refractivity contribution in [2.75, 3.05) is 18.9 Å². The van der Waals surface area contributed by atoms with Gasteiger partial charge in [-0.3, -0.25) is 4.79 Å². The van der Waals surface area contributed by atoms with Gasteiger partial charge in [-0.25, -0.2) is 4.79 Å². The van der Waals surface area contributed by atoms with Crippen LogP contribution in [0.25, 0.3) is 0 Å². The van der Waals surface area contributed by atoms with E-state index in [-0.39, 0.29) is 11.9 Å². The Balaban J connectivity index is 2.23. The van der Waals surface area contributed by atoms with Crippen LogP contribution in [0.5, 0.6) is 0 Å². The van der Waals surface area contributed by atoms with E-state index in [0.29, 0.717) is 30.8 Å². The number of nitrogens with zero attached hydrogens (tertiary/aromatic N) is 1. The number of carbonyl (C=O) groups excluding carboxylic acids is 2. The number of ether oxygens (including phenoxy) is 1. The van der Waals surface area contributed by atoms with Crippen molar-refractivity contribution in [2.24, 2.45) is 0 Å². The summed E-state index contributed by atoms with van der Waals surface area (Å²) >= 11 is 0. The monoisotopic (exact) mass is 276 g/mol. The van der Waals surface area contributed by atoms with Gasteiger partial charge >= 0.3 is 5.97 Å². The molecule has 1 aromatic carbocycles. The van der Waals surface area contributed by atoms with Crippen LogP contribution < -0.4 is 5.73 Å². The quantitative estimate of drug-likeness (QED) is 0.674. The largest absolute Gasteiger partial charge is 0.464 e. The topological polar surface area (TPSA) is 72.6 Å². The molecule has 0 aliphatic carbocycles. The summed E-state index contributed by atoms with van der Waals surface area (Å²) in [5, 5.41) is 0. The molecule has 1 heterocycles. The lowest BCUT2D eigenvalue weighted by molar-refractivity contribution is -0.147. The Bertz CT molecular complexity index is 528. The number of rotatable bonds is 3. The molecule has 0 radical (unpaired) electrons. The Labute approximate surface area is 118 Å². The Morgan fingerprint density at radius 1 is 1.45 bits per heavy atom. The summed E-state index contributed by atoms with van der Waals surface area (Å²) in [6, 6.07) is 4.79. The van der Waals surface area contributed by atoms with Crippen LogP contribution in [-0.2, 0) is 9.53 Å². The van der Waals surface area contributed by atoms with Crippen molar-refractivity contribution in [3.63, 3.8) is 0 Å². The fraction of sp³-hybridized carbons (Fsp3) is 0.467. The zero-order valence-corrected chi connectivity index (χ0v) is 11.9. The third kappa shape index (κ3) is 2.61. The Hall–Kier alpha value is -2.04. The molecule has 2 N–H and O–H groups in total. The number of nitrogen functional groups attached to an aromatic ring is 1. The molecule has 1 fully saturated rings. The highest BCUT2D eigenvalue weighted by molar-refractivity contribution is 5.99. The molecule has 0 aromatic heterocycles. The van der Waals surface area contributed by atoms with E-state index in [1.165, 1.54) is 0 Å². The van der Waals surface area contributed by atoms with E-state index >= 15 is 0 Å². The first-order chi connectivity index (χ1) is 9.56.